The molecule has 2 nitrogen and oxygen atoms in total. The number of hydrogen-bond acceptors (Lipinski definition) is 2. The van der Waals surface area contributed by atoms with Gasteiger partial charge in [-0.2, -0.15) is 0 Å². The first-order valence-corrected chi connectivity index (χ1v) is 6.95. The molecule has 1 aromatic rings. The lowest BCUT2D eigenvalue weighted by atomic mass is 10.00. The molecule has 1 fully saturated rings. The molecule has 0 bridgehead atoms. The first kappa shape index (κ1) is 13.6. The summed E-state index contributed by atoms with van der Waals surface area (Å²) in [5, 5.41) is 0.662. The zero-order valence-corrected chi connectivity index (χ0v) is 11.5. The summed E-state index contributed by atoms with van der Waals surface area (Å²) in [4.78, 5) is 12.0. The molecule has 0 saturated carbocycles. The molecule has 18 heavy (non-hydrogen) atoms. The van der Waals surface area contributed by atoms with Crippen LogP contribution in [0.15, 0.2) is 18.2 Å². The van der Waals surface area contributed by atoms with Crippen molar-refractivity contribution in [2.75, 3.05) is 6.61 Å². The molecule has 1 atom stereocenters. The van der Waals surface area contributed by atoms with Crippen molar-refractivity contribution in [3.05, 3.63) is 34.3 Å². The van der Waals surface area contributed by atoms with E-state index in [1.807, 2.05) is 19.1 Å². The van der Waals surface area contributed by atoms with Crippen LogP contribution in [0.2, 0.25) is 5.02 Å². The first-order valence-electron chi connectivity index (χ1n) is 6.58. The molecular weight excluding hydrogens is 248 g/mol. The molecule has 0 N–H and O–H groups in total. The van der Waals surface area contributed by atoms with Crippen LogP contribution < -0.4 is 0 Å². The van der Waals surface area contributed by atoms with E-state index in [9.17, 15) is 4.79 Å². The van der Waals surface area contributed by atoms with E-state index in [2.05, 4.69) is 0 Å². The topological polar surface area (TPSA) is 26.3 Å². The Bertz CT molecular complexity index is 423. The Kier molecular flexibility index (Phi) is 4.79. The maximum atomic E-state index is 12.0. The Balaban J connectivity index is 1.88. The normalized spacial score (nSPS) is 19.8. The Morgan fingerprint density at radius 3 is 2.94 bits per heavy atom. The third-order valence-corrected chi connectivity index (χ3v) is 3.87. The molecule has 1 aliphatic heterocycles. The summed E-state index contributed by atoms with van der Waals surface area (Å²) >= 11 is 6.03. The number of rotatable bonds is 4. The van der Waals surface area contributed by atoms with Gasteiger partial charge < -0.3 is 4.74 Å². The second-order valence-electron chi connectivity index (χ2n) is 4.91. The van der Waals surface area contributed by atoms with Crippen molar-refractivity contribution in [3.63, 3.8) is 0 Å². The summed E-state index contributed by atoms with van der Waals surface area (Å²) in [5.74, 6) is 0.158. The molecule has 1 saturated heterocycles. The van der Waals surface area contributed by atoms with E-state index >= 15 is 0 Å². The van der Waals surface area contributed by atoms with E-state index in [1.54, 1.807) is 6.07 Å². The van der Waals surface area contributed by atoms with E-state index < -0.39 is 0 Å². The van der Waals surface area contributed by atoms with E-state index in [0.29, 0.717) is 17.0 Å². The lowest BCUT2D eigenvalue weighted by molar-refractivity contribution is 0.0104. The van der Waals surface area contributed by atoms with Crippen LogP contribution >= 0.6 is 11.6 Å². The molecule has 2 rings (SSSR count). The fraction of sp³-hybridized carbons (Fsp3) is 0.533. The molecule has 0 aliphatic carbocycles. The Morgan fingerprint density at radius 2 is 2.28 bits per heavy atom. The second kappa shape index (κ2) is 6.35. The van der Waals surface area contributed by atoms with Gasteiger partial charge in [0.1, 0.15) is 0 Å². The van der Waals surface area contributed by atoms with Crippen LogP contribution in [0.4, 0.5) is 0 Å². The summed E-state index contributed by atoms with van der Waals surface area (Å²) in [6.07, 6.45) is 5.09. The molecule has 1 aliphatic rings. The summed E-state index contributed by atoms with van der Waals surface area (Å²) in [6.45, 7) is 2.78. The predicted octanol–water partition coefficient (Wildman–Crippen LogP) is 4.18. The van der Waals surface area contributed by atoms with Gasteiger partial charge in [0.2, 0.25) is 0 Å². The standard InChI is InChI=1S/C15H19ClO2/c1-11-5-6-12(10-14(11)16)15(17)8-7-13-4-2-3-9-18-13/h5-6,10,13H,2-4,7-9H2,1H3. The summed E-state index contributed by atoms with van der Waals surface area (Å²) in [6, 6.07) is 5.51. The van der Waals surface area contributed by atoms with Crippen molar-refractivity contribution >= 4 is 17.4 Å². The average molecular weight is 267 g/mol. The van der Waals surface area contributed by atoms with E-state index in [4.69, 9.17) is 16.3 Å². The quantitative estimate of drug-likeness (QED) is 0.764. The third kappa shape index (κ3) is 3.56. The molecule has 3 heteroatoms. The van der Waals surface area contributed by atoms with Crippen LogP contribution in [0.25, 0.3) is 0 Å². The monoisotopic (exact) mass is 266 g/mol. The van der Waals surface area contributed by atoms with Crippen LogP contribution in [-0.4, -0.2) is 18.5 Å². The number of carbonyl (C=O) groups is 1. The largest absolute Gasteiger partial charge is 0.378 e. The van der Waals surface area contributed by atoms with Crippen molar-refractivity contribution in [2.24, 2.45) is 0 Å². The van der Waals surface area contributed by atoms with Crippen molar-refractivity contribution in [1.29, 1.82) is 0 Å². The third-order valence-electron chi connectivity index (χ3n) is 3.46. The number of ether oxygens (including phenoxy) is 1. The fourth-order valence-corrected chi connectivity index (χ4v) is 2.42. The van der Waals surface area contributed by atoms with Crippen molar-refractivity contribution in [3.8, 4) is 0 Å². The highest BCUT2D eigenvalue weighted by molar-refractivity contribution is 6.31. The van der Waals surface area contributed by atoms with Crippen LogP contribution in [0, 0.1) is 6.92 Å². The molecule has 0 aromatic heterocycles. The maximum absolute atomic E-state index is 12.0. The summed E-state index contributed by atoms with van der Waals surface area (Å²) < 4.78 is 5.63. The zero-order chi connectivity index (χ0) is 13.0. The SMILES string of the molecule is Cc1ccc(C(=O)CCC2CCCCO2)cc1Cl. The van der Waals surface area contributed by atoms with Crippen LogP contribution in [-0.2, 0) is 4.74 Å². The maximum Gasteiger partial charge on any atom is 0.163 e. The molecule has 1 unspecified atom stereocenters. The number of halogens is 1. The van der Waals surface area contributed by atoms with Gasteiger partial charge in [-0.3, -0.25) is 4.79 Å². The Hall–Kier alpha value is -0.860. The lowest BCUT2D eigenvalue weighted by Gasteiger charge is -2.22. The van der Waals surface area contributed by atoms with Crippen LogP contribution in [0.5, 0.6) is 0 Å². The van der Waals surface area contributed by atoms with Gasteiger partial charge in [-0.15, -0.1) is 0 Å². The zero-order valence-electron chi connectivity index (χ0n) is 10.7. The van der Waals surface area contributed by atoms with Crippen molar-refractivity contribution in [2.45, 2.75) is 45.1 Å². The number of hydrogen-bond donors (Lipinski definition) is 0. The molecule has 1 heterocycles. The van der Waals surface area contributed by atoms with Gasteiger partial charge >= 0.3 is 0 Å². The molecule has 0 amide bonds. The number of aryl methyl sites for hydroxylation is 1. The van der Waals surface area contributed by atoms with Gasteiger partial charge in [-0.1, -0.05) is 23.7 Å². The second-order valence-corrected chi connectivity index (χ2v) is 5.32. The van der Waals surface area contributed by atoms with Crippen LogP contribution in [0.1, 0.15) is 48.0 Å². The minimum absolute atomic E-state index is 0.158. The van der Waals surface area contributed by atoms with E-state index in [-0.39, 0.29) is 11.9 Å². The van der Waals surface area contributed by atoms with E-state index in [1.165, 1.54) is 6.42 Å². The number of benzene rings is 1. The van der Waals surface area contributed by atoms with Crippen molar-refractivity contribution < 1.29 is 9.53 Å². The molecule has 1 aromatic carbocycles. The summed E-state index contributed by atoms with van der Waals surface area (Å²) in [5.41, 5.74) is 1.71. The van der Waals surface area contributed by atoms with Gasteiger partial charge in [0, 0.05) is 23.6 Å². The smallest absolute Gasteiger partial charge is 0.163 e. The van der Waals surface area contributed by atoms with Gasteiger partial charge in [0.05, 0.1) is 6.10 Å². The van der Waals surface area contributed by atoms with Gasteiger partial charge in [0.15, 0.2) is 5.78 Å². The molecule has 98 valence electrons. The molecular formula is C15H19ClO2. The number of ketones is 1. The highest BCUT2D eigenvalue weighted by atomic mass is 35.5. The molecule has 0 radical (unpaired) electrons. The Labute approximate surface area is 113 Å². The highest BCUT2D eigenvalue weighted by Gasteiger charge is 2.16. The van der Waals surface area contributed by atoms with Gasteiger partial charge in [-0.25, -0.2) is 0 Å². The van der Waals surface area contributed by atoms with Gasteiger partial charge in [-0.05, 0) is 44.2 Å². The average Bonchev–Trinajstić information content (AvgIpc) is 2.40. The highest BCUT2D eigenvalue weighted by Crippen LogP contribution is 2.21. The first-order chi connectivity index (χ1) is 8.66. The minimum Gasteiger partial charge on any atom is -0.378 e. The number of Topliss-reactive ketones (excluding diaryl/α,β-unsaturated/α-hetero) is 1. The van der Waals surface area contributed by atoms with Gasteiger partial charge in [0.25, 0.3) is 0 Å². The number of carbonyl (C=O) groups excluding carboxylic acids is 1. The Morgan fingerprint density at radius 1 is 1.44 bits per heavy atom. The van der Waals surface area contributed by atoms with E-state index in [0.717, 1.165) is 31.4 Å². The van der Waals surface area contributed by atoms with Crippen molar-refractivity contribution in [1.82, 2.24) is 0 Å². The lowest BCUT2D eigenvalue weighted by Crippen LogP contribution is -2.20. The predicted molar refractivity (Wildman–Crippen MR) is 73.3 cm³/mol. The molecule has 0 spiro atoms. The fourth-order valence-electron chi connectivity index (χ4n) is 2.24. The van der Waals surface area contributed by atoms with Crippen LogP contribution in [0.3, 0.4) is 0 Å². The summed E-state index contributed by atoms with van der Waals surface area (Å²) in [7, 11) is 0. The minimum atomic E-state index is 0.158.